The molecule has 5 heteroatoms. The average molecular weight is 353 g/mol. The number of carbonyl (C=O) groups excluding carboxylic acids is 1. The fourth-order valence-electron chi connectivity index (χ4n) is 7.15. The lowest BCUT2D eigenvalue weighted by molar-refractivity contribution is -0.140. The maximum absolute atomic E-state index is 11.7. The Kier molecular flexibility index (Phi) is 2.58. The number of benzene rings is 1. The number of allylic oxidation sites excluding steroid dienone is 1. The molecule has 3 unspecified atom stereocenters. The molecule has 1 aromatic rings. The van der Waals surface area contributed by atoms with Crippen LogP contribution >= 0.6 is 0 Å². The van der Waals surface area contributed by atoms with Crippen molar-refractivity contribution in [3.05, 3.63) is 35.1 Å². The van der Waals surface area contributed by atoms with Crippen molar-refractivity contribution < 1.29 is 19.0 Å². The van der Waals surface area contributed by atoms with Crippen LogP contribution in [0, 0.1) is 11.3 Å². The quantitative estimate of drug-likeness (QED) is 0.764. The smallest absolute Gasteiger partial charge is 0.307 e. The van der Waals surface area contributed by atoms with Crippen molar-refractivity contribution in [2.24, 2.45) is 11.3 Å². The number of fused-ring (bicyclic) bond motifs is 1. The highest BCUT2D eigenvalue weighted by Gasteiger charge is 2.78. The van der Waals surface area contributed by atoms with E-state index in [1.165, 1.54) is 18.1 Å². The minimum absolute atomic E-state index is 0.0787. The molecule has 0 aromatic heterocycles. The van der Waals surface area contributed by atoms with Crippen LogP contribution in [0.4, 0.5) is 0 Å². The zero-order valence-corrected chi connectivity index (χ0v) is 15.4. The number of ether oxygens (including phenoxy) is 3. The SMILES string of the molecule is COc1ccc2c3c1OC1C(OC(C)=O)=CCC45CN(C)[C@H](C2)C4[C@@]31C5. The lowest BCUT2D eigenvalue weighted by Gasteiger charge is -2.61. The van der Waals surface area contributed by atoms with Crippen molar-refractivity contribution in [1.82, 2.24) is 4.90 Å². The van der Waals surface area contributed by atoms with Crippen LogP contribution < -0.4 is 9.47 Å². The Morgan fingerprint density at radius 2 is 2.23 bits per heavy atom. The Balaban J connectivity index is 1.61. The van der Waals surface area contributed by atoms with E-state index in [-0.39, 0.29) is 22.9 Å². The highest BCUT2D eigenvalue weighted by Crippen LogP contribution is 2.76. The van der Waals surface area contributed by atoms with Crippen LogP contribution in [0.15, 0.2) is 24.0 Å². The van der Waals surface area contributed by atoms with Crippen LogP contribution in [0.3, 0.4) is 0 Å². The number of likely N-dealkylation sites (tertiary alicyclic amines) is 1. The second-order valence-electron chi connectivity index (χ2n) is 8.78. The van der Waals surface area contributed by atoms with Gasteiger partial charge in [-0.1, -0.05) is 6.07 Å². The van der Waals surface area contributed by atoms with Gasteiger partial charge >= 0.3 is 5.97 Å². The van der Waals surface area contributed by atoms with Crippen molar-refractivity contribution in [1.29, 1.82) is 0 Å². The van der Waals surface area contributed by atoms with Crippen LogP contribution in [-0.2, 0) is 21.4 Å². The summed E-state index contributed by atoms with van der Waals surface area (Å²) in [5.74, 6) is 2.64. The monoisotopic (exact) mass is 353 g/mol. The molecule has 0 radical (unpaired) electrons. The summed E-state index contributed by atoms with van der Waals surface area (Å²) in [7, 11) is 3.95. The molecule has 2 fully saturated rings. The molecule has 4 aliphatic carbocycles. The number of hydrogen-bond acceptors (Lipinski definition) is 5. The van der Waals surface area contributed by atoms with E-state index in [4.69, 9.17) is 14.2 Å². The number of esters is 1. The zero-order valence-electron chi connectivity index (χ0n) is 15.4. The fourth-order valence-corrected chi connectivity index (χ4v) is 7.15. The maximum atomic E-state index is 11.7. The second-order valence-corrected chi connectivity index (χ2v) is 8.78. The molecule has 2 heterocycles. The van der Waals surface area contributed by atoms with E-state index in [0.29, 0.717) is 17.7 Å². The molecule has 0 amide bonds. The third-order valence-corrected chi connectivity index (χ3v) is 7.63. The van der Waals surface area contributed by atoms with Gasteiger partial charge in [0.25, 0.3) is 0 Å². The summed E-state index contributed by atoms with van der Waals surface area (Å²) in [6.45, 7) is 2.58. The van der Waals surface area contributed by atoms with E-state index < -0.39 is 0 Å². The molecule has 2 aliphatic heterocycles. The summed E-state index contributed by atoms with van der Waals surface area (Å²) in [5, 5.41) is 0. The lowest BCUT2D eigenvalue weighted by Crippen LogP contribution is -2.66. The first-order valence-electron chi connectivity index (χ1n) is 9.46. The standard InChI is InChI=1S/C21H23NO4/c1-11(23)25-15-6-7-20-9-21-16-12(8-13(18(20)21)22(2)10-20)4-5-14(24-3)17(16)26-19(15)21/h4-6,13,18-19H,7-10H2,1-3H3/t13-,18?,19?,20?,21-/m1/s1. The van der Waals surface area contributed by atoms with Crippen LogP contribution in [0.5, 0.6) is 11.5 Å². The summed E-state index contributed by atoms with van der Waals surface area (Å²) in [6, 6.07) is 4.76. The van der Waals surface area contributed by atoms with Crippen molar-refractivity contribution in [2.75, 3.05) is 20.7 Å². The van der Waals surface area contributed by atoms with Crippen LogP contribution in [0.1, 0.15) is 30.9 Å². The molecule has 2 spiro atoms. The average Bonchev–Trinajstić information content (AvgIpc) is 2.98. The predicted molar refractivity (Wildman–Crippen MR) is 94.2 cm³/mol. The van der Waals surface area contributed by atoms with Gasteiger partial charge in [-0.3, -0.25) is 4.79 Å². The van der Waals surface area contributed by atoms with E-state index in [0.717, 1.165) is 37.3 Å². The number of nitrogens with zero attached hydrogens (tertiary/aromatic N) is 1. The van der Waals surface area contributed by atoms with E-state index in [1.807, 2.05) is 6.07 Å². The first-order chi connectivity index (χ1) is 12.5. The summed E-state index contributed by atoms with van der Waals surface area (Å²) in [6.07, 6.45) is 5.05. The first-order valence-corrected chi connectivity index (χ1v) is 9.46. The van der Waals surface area contributed by atoms with Crippen LogP contribution in [0.2, 0.25) is 0 Å². The van der Waals surface area contributed by atoms with E-state index >= 15 is 0 Å². The van der Waals surface area contributed by atoms with E-state index in [9.17, 15) is 4.79 Å². The van der Waals surface area contributed by atoms with E-state index in [2.05, 4.69) is 24.1 Å². The fraction of sp³-hybridized carbons (Fsp3) is 0.571. The maximum Gasteiger partial charge on any atom is 0.307 e. The normalized spacial score (nSPS) is 40.7. The lowest BCUT2D eigenvalue weighted by atomic mass is 9.39. The number of methoxy groups -OCH3 is 1. The van der Waals surface area contributed by atoms with Crippen molar-refractivity contribution in [2.45, 2.75) is 43.7 Å². The summed E-state index contributed by atoms with van der Waals surface area (Å²) < 4.78 is 17.8. The highest BCUT2D eigenvalue weighted by molar-refractivity contribution is 5.69. The Bertz CT molecular complexity index is 892. The molecule has 136 valence electrons. The Morgan fingerprint density at radius 3 is 3.00 bits per heavy atom. The molecule has 1 saturated carbocycles. The van der Waals surface area contributed by atoms with Crippen molar-refractivity contribution >= 4 is 5.97 Å². The van der Waals surface area contributed by atoms with E-state index in [1.54, 1.807) is 7.11 Å². The minimum atomic E-state index is -0.273. The Hall–Kier alpha value is -2.01. The topological polar surface area (TPSA) is 48.0 Å². The van der Waals surface area contributed by atoms with Gasteiger partial charge in [-0.05, 0) is 55.3 Å². The van der Waals surface area contributed by atoms with Gasteiger partial charge in [-0.2, -0.15) is 0 Å². The largest absolute Gasteiger partial charge is 0.493 e. The Morgan fingerprint density at radius 1 is 1.38 bits per heavy atom. The van der Waals surface area contributed by atoms with Gasteiger partial charge < -0.3 is 19.1 Å². The molecule has 5 nitrogen and oxygen atoms in total. The highest BCUT2D eigenvalue weighted by atomic mass is 16.6. The molecule has 7 rings (SSSR count). The number of hydrogen-bond donors (Lipinski definition) is 0. The Labute approximate surface area is 152 Å². The molecule has 0 N–H and O–H groups in total. The first kappa shape index (κ1) is 15.1. The van der Waals surface area contributed by atoms with Gasteiger partial charge in [0.15, 0.2) is 17.6 Å². The zero-order chi connectivity index (χ0) is 17.8. The molecular formula is C21H23NO4. The minimum Gasteiger partial charge on any atom is -0.493 e. The van der Waals surface area contributed by atoms with Gasteiger partial charge in [0.05, 0.1) is 7.11 Å². The van der Waals surface area contributed by atoms with Crippen molar-refractivity contribution in [3.8, 4) is 11.5 Å². The second kappa shape index (κ2) is 4.45. The molecular weight excluding hydrogens is 330 g/mol. The van der Waals surface area contributed by atoms with Gasteiger partial charge in [-0.15, -0.1) is 0 Å². The number of likely N-dealkylation sites (N-methyl/N-ethyl adjacent to an activating group) is 1. The predicted octanol–water partition coefficient (Wildman–Crippen LogP) is 2.42. The van der Waals surface area contributed by atoms with Gasteiger partial charge in [-0.25, -0.2) is 0 Å². The summed E-state index contributed by atoms with van der Waals surface area (Å²) >= 11 is 0. The molecule has 2 bridgehead atoms. The third kappa shape index (κ3) is 1.44. The summed E-state index contributed by atoms with van der Waals surface area (Å²) in [5.41, 5.74) is 2.90. The number of rotatable bonds is 2. The molecule has 6 aliphatic rings. The molecule has 1 saturated heterocycles. The number of carbonyl (C=O) groups is 1. The third-order valence-electron chi connectivity index (χ3n) is 7.63. The van der Waals surface area contributed by atoms with Gasteiger partial charge in [0.2, 0.25) is 0 Å². The summed E-state index contributed by atoms with van der Waals surface area (Å²) in [4.78, 5) is 14.3. The molecule has 26 heavy (non-hydrogen) atoms. The van der Waals surface area contributed by atoms with Crippen molar-refractivity contribution in [3.63, 3.8) is 0 Å². The molecule has 1 aromatic carbocycles. The molecule has 5 atom stereocenters. The van der Waals surface area contributed by atoms with Gasteiger partial charge in [0, 0.05) is 30.5 Å². The van der Waals surface area contributed by atoms with Gasteiger partial charge in [0.1, 0.15) is 5.76 Å². The van der Waals surface area contributed by atoms with Crippen LogP contribution in [-0.4, -0.2) is 43.7 Å². The van der Waals surface area contributed by atoms with Crippen LogP contribution in [0.25, 0.3) is 0 Å².